The molecule has 3 nitrogen and oxygen atoms in total. The maximum absolute atomic E-state index is 10.7. The van der Waals surface area contributed by atoms with Crippen molar-refractivity contribution in [3.05, 3.63) is 65.7 Å². The SMILES string of the molecule is CCCCc1c(-c2ccccc2)nn(-c2cccc(C)c2)c1O. The van der Waals surface area contributed by atoms with E-state index < -0.39 is 0 Å². The summed E-state index contributed by atoms with van der Waals surface area (Å²) >= 11 is 0. The second-order valence-electron chi connectivity index (χ2n) is 5.87. The van der Waals surface area contributed by atoms with Crippen LogP contribution in [0.25, 0.3) is 16.9 Å². The Hall–Kier alpha value is -2.55. The average molecular weight is 306 g/mol. The normalized spacial score (nSPS) is 10.9. The molecule has 0 spiro atoms. The van der Waals surface area contributed by atoms with Gasteiger partial charge < -0.3 is 5.11 Å². The molecule has 3 heteroatoms. The molecule has 0 aliphatic heterocycles. The van der Waals surface area contributed by atoms with Crippen LogP contribution in [0.5, 0.6) is 5.88 Å². The Morgan fingerprint density at radius 3 is 2.52 bits per heavy atom. The van der Waals surface area contributed by atoms with Gasteiger partial charge in [0.2, 0.25) is 5.88 Å². The molecule has 118 valence electrons. The van der Waals surface area contributed by atoms with Gasteiger partial charge in [0, 0.05) is 11.1 Å². The number of nitrogens with zero attached hydrogens (tertiary/aromatic N) is 2. The fraction of sp³-hybridized carbons (Fsp3) is 0.250. The van der Waals surface area contributed by atoms with Crippen molar-refractivity contribution in [2.75, 3.05) is 0 Å². The Bertz CT molecular complexity index is 791. The largest absolute Gasteiger partial charge is 0.493 e. The third kappa shape index (κ3) is 3.14. The highest BCUT2D eigenvalue weighted by Crippen LogP contribution is 2.33. The van der Waals surface area contributed by atoms with Crippen LogP contribution in [0.1, 0.15) is 30.9 Å². The van der Waals surface area contributed by atoms with Crippen molar-refractivity contribution in [2.45, 2.75) is 33.1 Å². The van der Waals surface area contributed by atoms with Crippen LogP contribution in [0.4, 0.5) is 0 Å². The lowest BCUT2D eigenvalue weighted by molar-refractivity contribution is 0.427. The molecular formula is C20H22N2O. The molecule has 0 saturated carbocycles. The minimum absolute atomic E-state index is 0.253. The van der Waals surface area contributed by atoms with Gasteiger partial charge in [-0.15, -0.1) is 0 Å². The van der Waals surface area contributed by atoms with Gasteiger partial charge in [-0.05, 0) is 37.5 Å². The van der Waals surface area contributed by atoms with Crippen LogP contribution < -0.4 is 0 Å². The lowest BCUT2D eigenvalue weighted by Crippen LogP contribution is -1.96. The minimum atomic E-state index is 0.253. The first kappa shape index (κ1) is 15.3. The first-order valence-corrected chi connectivity index (χ1v) is 8.14. The number of aromatic nitrogens is 2. The summed E-state index contributed by atoms with van der Waals surface area (Å²) in [4.78, 5) is 0. The van der Waals surface area contributed by atoms with Crippen LogP contribution >= 0.6 is 0 Å². The highest BCUT2D eigenvalue weighted by Gasteiger charge is 2.19. The highest BCUT2D eigenvalue weighted by atomic mass is 16.3. The number of benzene rings is 2. The Labute approximate surface area is 137 Å². The fourth-order valence-electron chi connectivity index (χ4n) is 2.79. The number of hydrogen-bond donors (Lipinski definition) is 1. The molecule has 0 saturated heterocycles. The number of hydrogen-bond acceptors (Lipinski definition) is 2. The number of unbranched alkanes of at least 4 members (excludes halogenated alkanes) is 1. The van der Waals surface area contributed by atoms with Crippen molar-refractivity contribution in [3.63, 3.8) is 0 Å². The Kier molecular flexibility index (Phi) is 4.47. The molecular weight excluding hydrogens is 284 g/mol. The molecule has 3 rings (SSSR count). The molecule has 0 amide bonds. The van der Waals surface area contributed by atoms with E-state index in [1.807, 2.05) is 61.5 Å². The van der Waals surface area contributed by atoms with Crippen LogP contribution in [-0.4, -0.2) is 14.9 Å². The predicted molar refractivity (Wildman–Crippen MR) is 94.0 cm³/mol. The lowest BCUT2D eigenvalue weighted by Gasteiger charge is -2.04. The van der Waals surface area contributed by atoms with Crippen LogP contribution in [0, 0.1) is 6.92 Å². The Balaban J connectivity index is 2.13. The van der Waals surface area contributed by atoms with Gasteiger partial charge in [0.15, 0.2) is 0 Å². The summed E-state index contributed by atoms with van der Waals surface area (Å²) in [5.74, 6) is 0.253. The molecule has 23 heavy (non-hydrogen) atoms. The number of rotatable bonds is 5. The monoisotopic (exact) mass is 306 g/mol. The first-order valence-electron chi connectivity index (χ1n) is 8.14. The van der Waals surface area contributed by atoms with E-state index in [0.717, 1.165) is 47.3 Å². The molecule has 1 N–H and O–H groups in total. The minimum Gasteiger partial charge on any atom is -0.493 e. The van der Waals surface area contributed by atoms with Crippen LogP contribution in [0.15, 0.2) is 54.6 Å². The first-order chi connectivity index (χ1) is 11.2. The molecule has 0 aliphatic rings. The molecule has 1 aromatic heterocycles. The summed E-state index contributed by atoms with van der Waals surface area (Å²) in [7, 11) is 0. The molecule has 0 unspecified atom stereocenters. The van der Waals surface area contributed by atoms with E-state index in [0.29, 0.717) is 0 Å². The Morgan fingerprint density at radius 1 is 1.04 bits per heavy atom. The van der Waals surface area contributed by atoms with E-state index in [2.05, 4.69) is 6.92 Å². The average Bonchev–Trinajstić information content (AvgIpc) is 2.90. The molecule has 3 aromatic rings. The van der Waals surface area contributed by atoms with Gasteiger partial charge in [-0.1, -0.05) is 55.8 Å². The van der Waals surface area contributed by atoms with Gasteiger partial charge in [-0.2, -0.15) is 5.10 Å². The standard InChI is InChI=1S/C20H22N2O/c1-3-4-13-18-19(16-10-6-5-7-11-16)21-22(20(18)23)17-12-8-9-15(2)14-17/h5-12,14,23H,3-4,13H2,1-2H3. The zero-order valence-corrected chi connectivity index (χ0v) is 13.7. The number of aromatic hydroxyl groups is 1. The van der Waals surface area contributed by atoms with Gasteiger partial charge in [-0.25, -0.2) is 4.68 Å². The summed E-state index contributed by atoms with van der Waals surface area (Å²) in [6.45, 7) is 4.20. The number of aryl methyl sites for hydroxylation is 1. The van der Waals surface area contributed by atoms with Crippen LogP contribution in [0.2, 0.25) is 0 Å². The summed E-state index contributed by atoms with van der Waals surface area (Å²) < 4.78 is 1.65. The second kappa shape index (κ2) is 6.69. The van der Waals surface area contributed by atoms with Crippen LogP contribution in [0.3, 0.4) is 0 Å². The van der Waals surface area contributed by atoms with Crippen molar-refractivity contribution in [3.8, 4) is 22.8 Å². The molecule has 0 bridgehead atoms. The summed E-state index contributed by atoms with van der Waals surface area (Å²) in [5, 5.41) is 15.5. The molecule has 0 atom stereocenters. The quantitative estimate of drug-likeness (QED) is 0.728. The smallest absolute Gasteiger partial charge is 0.218 e. The van der Waals surface area contributed by atoms with E-state index in [4.69, 9.17) is 5.10 Å². The lowest BCUT2D eigenvalue weighted by atomic mass is 10.0. The van der Waals surface area contributed by atoms with Crippen molar-refractivity contribution in [1.29, 1.82) is 0 Å². The highest BCUT2D eigenvalue weighted by molar-refractivity contribution is 5.66. The Morgan fingerprint density at radius 2 is 1.83 bits per heavy atom. The molecule has 0 fully saturated rings. The summed E-state index contributed by atoms with van der Waals surface area (Å²) in [6.07, 6.45) is 2.95. The van der Waals surface area contributed by atoms with Gasteiger partial charge in [0.1, 0.15) is 0 Å². The third-order valence-electron chi connectivity index (χ3n) is 4.03. The molecule has 0 radical (unpaired) electrons. The van der Waals surface area contributed by atoms with E-state index in [-0.39, 0.29) is 5.88 Å². The van der Waals surface area contributed by atoms with Gasteiger partial charge in [0.05, 0.1) is 11.4 Å². The zero-order chi connectivity index (χ0) is 16.2. The molecule has 2 aromatic carbocycles. The summed E-state index contributed by atoms with van der Waals surface area (Å²) in [5.41, 5.74) is 4.88. The van der Waals surface area contributed by atoms with E-state index in [1.54, 1.807) is 4.68 Å². The van der Waals surface area contributed by atoms with E-state index in [9.17, 15) is 5.11 Å². The maximum atomic E-state index is 10.7. The zero-order valence-electron chi connectivity index (χ0n) is 13.7. The van der Waals surface area contributed by atoms with Crippen LogP contribution in [-0.2, 0) is 6.42 Å². The molecule has 1 heterocycles. The van der Waals surface area contributed by atoms with Gasteiger partial charge >= 0.3 is 0 Å². The summed E-state index contributed by atoms with van der Waals surface area (Å²) in [6, 6.07) is 18.1. The van der Waals surface area contributed by atoms with Gasteiger partial charge in [0.25, 0.3) is 0 Å². The predicted octanol–water partition coefficient (Wildman–Crippen LogP) is 4.90. The van der Waals surface area contributed by atoms with E-state index >= 15 is 0 Å². The van der Waals surface area contributed by atoms with Crippen molar-refractivity contribution < 1.29 is 5.11 Å². The topological polar surface area (TPSA) is 38.0 Å². The second-order valence-corrected chi connectivity index (χ2v) is 5.87. The maximum Gasteiger partial charge on any atom is 0.218 e. The van der Waals surface area contributed by atoms with E-state index in [1.165, 1.54) is 0 Å². The van der Waals surface area contributed by atoms with Gasteiger partial charge in [-0.3, -0.25) is 0 Å². The van der Waals surface area contributed by atoms with Crippen molar-refractivity contribution in [1.82, 2.24) is 9.78 Å². The van der Waals surface area contributed by atoms with Crippen molar-refractivity contribution in [2.24, 2.45) is 0 Å². The van der Waals surface area contributed by atoms with Crippen molar-refractivity contribution >= 4 is 0 Å². The third-order valence-corrected chi connectivity index (χ3v) is 4.03. The molecule has 0 aliphatic carbocycles. The fourth-order valence-corrected chi connectivity index (χ4v) is 2.79.